The van der Waals surface area contributed by atoms with Crippen molar-refractivity contribution in [3.63, 3.8) is 0 Å². The molecule has 0 aliphatic carbocycles. The van der Waals surface area contributed by atoms with Crippen molar-refractivity contribution in [2.24, 2.45) is 0 Å². The van der Waals surface area contributed by atoms with Crippen LogP contribution in [0.1, 0.15) is 20.3 Å². The lowest BCUT2D eigenvalue weighted by Crippen LogP contribution is -2.30. The Morgan fingerprint density at radius 1 is 1.50 bits per heavy atom. The van der Waals surface area contributed by atoms with Gasteiger partial charge in [-0.25, -0.2) is 0 Å². The van der Waals surface area contributed by atoms with E-state index in [-0.39, 0.29) is 6.42 Å². The molecule has 0 aromatic rings. The highest BCUT2D eigenvalue weighted by Crippen LogP contribution is 2.04. The first-order chi connectivity index (χ1) is 5.43. The molecule has 70 valence electrons. The first kappa shape index (κ1) is 10.9. The summed E-state index contributed by atoms with van der Waals surface area (Å²) in [6.07, 6.45) is -2.30. The van der Waals surface area contributed by atoms with Gasteiger partial charge >= 0.3 is 11.9 Å². The molecule has 2 unspecified atom stereocenters. The van der Waals surface area contributed by atoms with Crippen molar-refractivity contribution in [1.29, 1.82) is 0 Å². The number of hydrogen-bond donors (Lipinski definition) is 2. The quantitative estimate of drug-likeness (QED) is 0.578. The third-order valence-corrected chi connectivity index (χ3v) is 1.23. The molecular weight excluding hydrogens is 164 g/mol. The van der Waals surface area contributed by atoms with Gasteiger partial charge in [0.2, 0.25) is 0 Å². The summed E-state index contributed by atoms with van der Waals surface area (Å²) >= 11 is 0. The van der Waals surface area contributed by atoms with Gasteiger partial charge in [-0.1, -0.05) is 0 Å². The van der Waals surface area contributed by atoms with E-state index in [2.05, 4.69) is 4.74 Å². The molecule has 0 saturated carbocycles. The Morgan fingerprint density at radius 2 is 2.00 bits per heavy atom. The summed E-state index contributed by atoms with van der Waals surface area (Å²) in [6, 6.07) is 0. The number of carboxylic acid groups (broad SMARTS) is 1. The van der Waals surface area contributed by atoms with Gasteiger partial charge in [-0.15, -0.1) is 0 Å². The molecule has 0 amide bonds. The van der Waals surface area contributed by atoms with E-state index in [0.29, 0.717) is 0 Å². The van der Waals surface area contributed by atoms with E-state index in [1.54, 1.807) is 0 Å². The van der Waals surface area contributed by atoms with Gasteiger partial charge < -0.3 is 14.9 Å². The molecule has 2 atom stereocenters. The molecule has 0 saturated heterocycles. The van der Waals surface area contributed by atoms with Crippen LogP contribution in [-0.2, 0) is 14.3 Å². The van der Waals surface area contributed by atoms with Crippen LogP contribution in [0, 0.1) is 0 Å². The van der Waals surface area contributed by atoms with Crippen molar-refractivity contribution in [3.8, 4) is 0 Å². The molecule has 0 heterocycles. The van der Waals surface area contributed by atoms with Crippen LogP contribution in [0.25, 0.3) is 0 Å². The lowest BCUT2D eigenvalue weighted by Gasteiger charge is -2.17. The van der Waals surface area contributed by atoms with Crippen molar-refractivity contribution in [2.45, 2.75) is 32.5 Å². The van der Waals surface area contributed by atoms with Gasteiger partial charge in [-0.05, 0) is 6.92 Å². The summed E-state index contributed by atoms with van der Waals surface area (Å²) in [6.45, 7) is 2.54. The topological polar surface area (TPSA) is 83.8 Å². The van der Waals surface area contributed by atoms with Gasteiger partial charge in [0.1, 0.15) is 6.10 Å². The van der Waals surface area contributed by atoms with E-state index >= 15 is 0 Å². The van der Waals surface area contributed by atoms with Crippen molar-refractivity contribution in [1.82, 2.24) is 0 Å². The van der Waals surface area contributed by atoms with Crippen molar-refractivity contribution in [3.05, 3.63) is 0 Å². The van der Waals surface area contributed by atoms with Gasteiger partial charge in [0.25, 0.3) is 0 Å². The molecule has 0 aliphatic rings. The van der Waals surface area contributed by atoms with Gasteiger partial charge in [0, 0.05) is 6.92 Å². The molecule has 5 heteroatoms. The lowest BCUT2D eigenvalue weighted by molar-refractivity contribution is -0.156. The predicted octanol–water partition coefficient (Wildman–Crippen LogP) is -0.226. The van der Waals surface area contributed by atoms with E-state index in [9.17, 15) is 9.59 Å². The Balaban J connectivity index is 4.04. The smallest absolute Gasteiger partial charge is 0.307 e. The van der Waals surface area contributed by atoms with E-state index in [0.717, 1.165) is 6.92 Å². The van der Waals surface area contributed by atoms with Crippen LogP contribution >= 0.6 is 0 Å². The van der Waals surface area contributed by atoms with E-state index in [4.69, 9.17) is 10.2 Å². The molecule has 0 aromatic heterocycles. The number of carbonyl (C=O) groups excluding carboxylic acids is 1. The number of ether oxygens (including phenoxy) is 1. The maximum Gasteiger partial charge on any atom is 0.307 e. The number of aliphatic hydroxyl groups excluding tert-OH is 1. The fourth-order valence-corrected chi connectivity index (χ4v) is 0.696. The molecule has 12 heavy (non-hydrogen) atoms. The van der Waals surface area contributed by atoms with Crippen LogP contribution in [0.3, 0.4) is 0 Å². The van der Waals surface area contributed by atoms with Crippen LogP contribution < -0.4 is 0 Å². The van der Waals surface area contributed by atoms with E-state index in [1.807, 2.05) is 0 Å². The summed E-state index contributed by atoms with van der Waals surface area (Å²) in [5.74, 6) is -1.70. The van der Waals surface area contributed by atoms with Gasteiger partial charge in [-0.2, -0.15) is 0 Å². The van der Waals surface area contributed by atoms with Crippen LogP contribution in [0.15, 0.2) is 0 Å². The number of carboxylic acids is 1. The van der Waals surface area contributed by atoms with E-state index < -0.39 is 24.1 Å². The first-order valence-electron chi connectivity index (χ1n) is 3.50. The number of rotatable bonds is 4. The number of carbonyl (C=O) groups is 2. The summed E-state index contributed by atoms with van der Waals surface area (Å²) in [7, 11) is 0. The SMILES string of the molecule is CC(=O)OC(CC(=O)O)C(C)O. The zero-order valence-electron chi connectivity index (χ0n) is 6.98. The monoisotopic (exact) mass is 176 g/mol. The average molecular weight is 176 g/mol. The van der Waals surface area contributed by atoms with Crippen molar-refractivity contribution in [2.75, 3.05) is 0 Å². The summed E-state index contributed by atoms with van der Waals surface area (Å²) in [5, 5.41) is 17.3. The summed E-state index contributed by atoms with van der Waals surface area (Å²) in [5.41, 5.74) is 0. The molecule has 0 rings (SSSR count). The van der Waals surface area contributed by atoms with Crippen LogP contribution in [-0.4, -0.2) is 34.4 Å². The minimum absolute atomic E-state index is 0.378. The number of aliphatic carboxylic acids is 1. The predicted molar refractivity (Wildman–Crippen MR) is 39.5 cm³/mol. The third-order valence-electron chi connectivity index (χ3n) is 1.23. The molecule has 0 bridgehead atoms. The Kier molecular flexibility index (Phi) is 4.28. The summed E-state index contributed by atoms with van der Waals surface area (Å²) in [4.78, 5) is 20.6. The summed E-state index contributed by atoms with van der Waals surface area (Å²) < 4.78 is 4.55. The first-order valence-corrected chi connectivity index (χ1v) is 3.50. The van der Waals surface area contributed by atoms with Crippen molar-refractivity contribution >= 4 is 11.9 Å². The average Bonchev–Trinajstić information content (AvgIpc) is 1.83. The lowest BCUT2D eigenvalue weighted by atomic mass is 10.1. The highest BCUT2D eigenvalue weighted by Gasteiger charge is 2.21. The fourth-order valence-electron chi connectivity index (χ4n) is 0.696. The maximum absolute atomic E-state index is 10.4. The molecule has 0 aliphatic heterocycles. The molecule has 5 nitrogen and oxygen atoms in total. The molecule has 0 fully saturated rings. The van der Waals surface area contributed by atoms with Gasteiger partial charge in [0.15, 0.2) is 0 Å². The molecule has 0 aromatic carbocycles. The standard InChI is InChI=1S/C7H12O5/c1-4(8)6(3-7(10)11)12-5(2)9/h4,6,8H,3H2,1-2H3,(H,10,11). The minimum Gasteiger partial charge on any atom is -0.481 e. The van der Waals surface area contributed by atoms with Crippen LogP contribution in [0.2, 0.25) is 0 Å². The van der Waals surface area contributed by atoms with Gasteiger partial charge in [0.05, 0.1) is 12.5 Å². The second kappa shape index (κ2) is 4.71. The maximum atomic E-state index is 10.4. The van der Waals surface area contributed by atoms with Gasteiger partial charge in [-0.3, -0.25) is 9.59 Å². The molecule has 0 radical (unpaired) electrons. The minimum atomic E-state index is -1.11. The van der Waals surface area contributed by atoms with Crippen LogP contribution in [0.4, 0.5) is 0 Å². The normalized spacial score (nSPS) is 14.9. The highest BCUT2D eigenvalue weighted by atomic mass is 16.6. The second-order valence-electron chi connectivity index (χ2n) is 2.49. The Morgan fingerprint density at radius 3 is 2.25 bits per heavy atom. The molecule has 0 spiro atoms. The number of hydrogen-bond acceptors (Lipinski definition) is 4. The van der Waals surface area contributed by atoms with E-state index in [1.165, 1.54) is 6.92 Å². The highest BCUT2D eigenvalue weighted by molar-refractivity contribution is 5.69. The number of esters is 1. The second-order valence-corrected chi connectivity index (χ2v) is 2.49. The third kappa shape index (κ3) is 4.68. The Hall–Kier alpha value is -1.10. The zero-order valence-corrected chi connectivity index (χ0v) is 6.98. The molecular formula is C7H12O5. The zero-order chi connectivity index (χ0) is 9.72. The van der Waals surface area contributed by atoms with Crippen molar-refractivity contribution < 1.29 is 24.5 Å². The fraction of sp³-hybridized carbons (Fsp3) is 0.714. The van der Waals surface area contributed by atoms with Crippen LogP contribution in [0.5, 0.6) is 0 Å². The Bertz CT molecular complexity index is 159. The largest absolute Gasteiger partial charge is 0.481 e. The molecule has 2 N–H and O–H groups in total. The number of aliphatic hydroxyl groups is 1. The Labute approximate surface area is 70.0 Å².